The number of imidazole rings is 1. The van der Waals surface area contributed by atoms with Gasteiger partial charge >= 0.3 is 0 Å². The standard InChI is InChI=1S/C31H39N7O/c1-30(2)22-10-12-31(30,3)25(20-22)34-29(39)24-11-14-33-28-26(24)35-27(36-28)21-6-8-23(9-7-21)32-13-5-15-38-18-16-37(4)17-19-38/h6-9,11,14,22,25,32H,5,13,15-20H2,1-4H3,(H,34,39)(H,33,35,36). The number of carbonyl (C=O) groups is 1. The van der Waals surface area contributed by atoms with E-state index >= 15 is 0 Å². The molecule has 6 rings (SSSR count). The fraction of sp³-hybridized carbons (Fsp3) is 0.516. The summed E-state index contributed by atoms with van der Waals surface area (Å²) in [6.07, 6.45) is 3.67. The summed E-state index contributed by atoms with van der Waals surface area (Å²) in [6.45, 7) is 13.4. The van der Waals surface area contributed by atoms with Crippen LogP contribution in [0.4, 0.5) is 5.69 Å². The third-order valence-corrected chi connectivity index (χ3v) is 9.56. The molecule has 0 radical (unpaired) electrons. The van der Waals surface area contributed by atoms with Crippen molar-refractivity contribution in [1.82, 2.24) is 30.1 Å². The Morgan fingerprint density at radius 3 is 2.59 bits per heavy atom. The van der Waals surface area contributed by atoms with Gasteiger partial charge in [-0.25, -0.2) is 9.97 Å². The van der Waals surface area contributed by atoms with Crippen molar-refractivity contribution < 1.29 is 4.79 Å². The zero-order valence-electron chi connectivity index (χ0n) is 23.5. The number of hydrogen-bond donors (Lipinski definition) is 3. The summed E-state index contributed by atoms with van der Waals surface area (Å²) in [5.74, 6) is 7.72. The van der Waals surface area contributed by atoms with Gasteiger partial charge in [-0.15, -0.1) is 0 Å². The van der Waals surface area contributed by atoms with Crippen LogP contribution in [0.3, 0.4) is 0 Å². The minimum absolute atomic E-state index is 0.0264. The van der Waals surface area contributed by atoms with Crippen LogP contribution in [-0.2, 0) is 0 Å². The number of hydrogen-bond acceptors (Lipinski definition) is 6. The average molecular weight is 526 g/mol. The largest absolute Gasteiger partial charge is 0.385 e. The number of H-pyrrole nitrogens is 1. The molecule has 8 nitrogen and oxygen atoms in total. The number of carbonyl (C=O) groups excluding carboxylic acids is 1. The van der Waals surface area contributed by atoms with E-state index in [1.165, 1.54) is 0 Å². The van der Waals surface area contributed by atoms with Crippen LogP contribution in [0, 0.1) is 28.6 Å². The van der Waals surface area contributed by atoms with E-state index < -0.39 is 0 Å². The third kappa shape index (κ3) is 4.68. The van der Waals surface area contributed by atoms with Gasteiger partial charge < -0.3 is 25.4 Å². The second-order valence-corrected chi connectivity index (χ2v) is 12.2. The summed E-state index contributed by atoms with van der Waals surface area (Å²) in [5, 5.41) is 6.82. The molecule has 1 amide bonds. The van der Waals surface area contributed by atoms with Crippen LogP contribution in [0.1, 0.15) is 44.0 Å². The van der Waals surface area contributed by atoms with E-state index in [0.29, 0.717) is 28.5 Å². The first kappa shape index (κ1) is 25.8. The number of aromatic amines is 1. The highest BCUT2D eigenvalue weighted by Crippen LogP contribution is 2.58. The van der Waals surface area contributed by atoms with Gasteiger partial charge in [0.25, 0.3) is 5.91 Å². The van der Waals surface area contributed by atoms with Crippen molar-refractivity contribution in [3.63, 3.8) is 0 Å². The summed E-state index contributed by atoms with van der Waals surface area (Å²) in [5.41, 5.74) is 3.63. The number of piperazine rings is 1. The Bertz CT molecular complexity index is 1420. The number of nitrogens with zero attached hydrogens (tertiary/aromatic N) is 4. The SMILES string of the molecule is CN1CCN(CCCNc2ccc(-c3nc4nccc(C(=O)NC5CC6C#CC5(C)C6(C)C)c4[nH]3)cc2)CC1. The van der Waals surface area contributed by atoms with Gasteiger partial charge in [0, 0.05) is 62.1 Å². The quantitative estimate of drug-likeness (QED) is 0.306. The lowest BCUT2D eigenvalue weighted by molar-refractivity contribution is 0.0893. The minimum atomic E-state index is -0.223. The zero-order valence-corrected chi connectivity index (χ0v) is 23.5. The molecule has 3 atom stereocenters. The third-order valence-electron chi connectivity index (χ3n) is 9.56. The number of amides is 1. The molecule has 3 aliphatic rings. The Labute approximate surface area is 231 Å². The van der Waals surface area contributed by atoms with Crippen LogP contribution in [0.25, 0.3) is 22.6 Å². The summed E-state index contributed by atoms with van der Waals surface area (Å²) in [4.78, 5) is 30.8. The maximum Gasteiger partial charge on any atom is 0.253 e. The second kappa shape index (κ2) is 9.96. The number of likely N-dealkylation sites (N-methyl/N-ethyl adjacent to an activating group) is 1. The Morgan fingerprint density at radius 1 is 1.13 bits per heavy atom. The van der Waals surface area contributed by atoms with Gasteiger partial charge in [0.15, 0.2) is 5.65 Å². The molecule has 1 aliphatic heterocycles. The lowest BCUT2D eigenvalue weighted by Crippen LogP contribution is -2.46. The van der Waals surface area contributed by atoms with Gasteiger partial charge in [-0.1, -0.05) is 25.7 Å². The molecule has 3 heterocycles. The molecule has 0 spiro atoms. The lowest BCUT2D eigenvalue weighted by atomic mass is 9.69. The lowest BCUT2D eigenvalue weighted by Gasteiger charge is -2.36. The van der Waals surface area contributed by atoms with E-state index in [2.05, 4.69) is 94.3 Å². The number of anilines is 1. The van der Waals surface area contributed by atoms with Crippen LogP contribution in [0.15, 0.2) is 36.5 Å². The molecule has 1 aromatic carbocycles. The van der Waals surface area contributed by atoms with Crippen molar-refractivity contribution >= 4 is 22.8 Å². The fourth-order valence-electron chi connectivity index (χ4n) is 6.33. The fourth-order valence-corrected chi connectivity index (χ4v) is 6.33. The molecular formula is C31H39N7O. The van der Waals surface area contributed by atoms with Gasteiger partial charge in [-0.05, 0) is 69.1 Å². The molecule has 3 unspecified atom stereocenters. The van der Waals surface area contributed by atoms with E-state index in [-0.39, 0.29) is 22.8 Å². The predicted octanol–water partition coefficient (Wildman–Crippen LogP) is 3.84. The Hall–Kier alpha value is -3.41. The summed E-state index contributed by atoms with van der Waals surface area (Å²) in [6, 6.07) is 10.1. The number of benzene rings is 1. The number of rotatable bonds is 8. The summed E-state index contributed by atoms with van der Waals surface area (Å²) in [7, 11) is 2.19. The van der Waals surface area contributed by atoms with Gasteiger partial charge in [0.1, 0.15) is 5.82 Å². The number of pyridine rings is 1. The average Bonchev–Trinajstić information content (AvgIpc) is 3.52. The minimum Gasteiger partial charge on any atom is -0.385 e. The maximum atomic E-state index is 13.4. The first-order chi connectivity index (χ1) is 18.7. The highest BCUT2D eigenvalue weighted by Gasteiger charge is 2.59. The molecule has 1 saturated carbocycles. The van der Waals surface area contributed by atoms with Crippen LogP contribution in [0.2, 0.25) is 0 Å². The monoisotopic (exact) mass is 525 g/mol. The molecule has 3 N–H and O–H groups in total. The van der Waals surface area contributed by atoms with E-state index in [1.807, 2.05) is 0 Å². The van der Waals surface area contributed by atoms with Gasteiger partial charge in [0.05, 0.1) is 16.5 Å². The number of nitrogens with one attached hydrogen (secondary N) is 3. The molecular weight excluding hydrogens is 486 g/mol. The molecule has 2 aliphatic carbocycles. The topological polar surface area (TPSA) is 89.2 Å². The van der Waals surface area contributed by atoms with Crippen LogP contribution < -0.4 is 10.6 Å². The smallest absolute Gasteiger partial charge is 0.253 e. The van der Waals surface area contributed by atoms with Crippen molar-refractivity contribution in [2.24, 2.45) is 16.7 Å². The first-order valence-electron chi connectivity index (χ1n) is 14.2. The van der Waals surface area contributed by atoms with Crippen molar-refractivity contribution in [3.05, 3.63) is 42.1 Å². The van der Waals surface area contributed by atoms with Gasteiger partial charge in [0.2, 0.25) is 0 Å². The Kier molecular flexibility index (Phi) is 6.60. The molecule has 1 saturated heterocycles. The summed E-state index contributed by atoms with van der Waals surface area (Å²) < 4.78 is 0. The zero-order chi connectivity index (χ0) is 27.2. The molecule has 204 valence electrons. The molecule has 3 aromatic rings. The van der Waals surface area contributed by atoms with Crippen LogP contribution in [-0.4, -0.2) is 83.0 Å². The molecule has 2 bridgehead atoms. The highest BCUT2D eigenvalue weighted by atomic mass is 16.1. The summed E-state index contributed by atoms with van der Waals surface area (Å²) >= 11 is 0. The first-order valence-corrected chi connectivity index (χ1v) is 14.2. The van der Waals surface area contributed by atoms with Crippen molar-refractivity contribution in [2.45, 2.75) is 39.7 Å². The Morgan fingerprint density at radius 2 is 1.90 bits per heavy atom. The molecule has 2 fully saturated rings. The maximum absolute atomic E-state index is 13.4. The van der Waals surface area contributed by atoms with Crippen LogP contribution >= 0.6 is 0 Å². The van der Waals surface area contributed by atoms with Crippen molar-refractivity contribution in [3.8, 4) is 23.2 Å². The number of aromatic nitrogens is 3. The van der Waals surface area contributed by atoms with E-state index in [0.717, 1.165) is 63.4 Å². The molecule has 2 aromatic heterocycles. The van der Waals surface area contributed by atoms with E-state index in [4.69, 9.17) is 4.98 Å². The van der Waals surface area contributed by atoms with Crippen LogP contribution in [0.5, 0.6) is 0 Å². The van der Waals surface area contributed by atoms with E-state index in [1.54, 1.807) is 12.3 Å². The van der Waals surface area contributed by atoms with Crippen molar-refractivity contribution in [2.75, 3.05) is 51.6 Å². The van der Waals surface area contributed by atoms with Crippen molar-refractivity contribution in [1.29, 1.82) is 0 Å². The molecule has 8 heteroatoms. The Balaban J connectivity index is 1.09. The van der Waals surface area contributed by atoms with Gasteiger partial charge in [-0.3, -0.25) is 4.79 Å². The highest BCUT2D eigenvalue weighted by molar-refractivity contribution is 6.04. The van der Waals surface area contributed by atoms with Gasteiger partial charge in [-0.2, -0.15) is 0 Å². The van der Waals surface area contributed by atoms with E-state index in [9.17, 15) is 4.79 Å². The predicted molar refractivity (Wildman–Crippen MR) is 155 cm³/mol. The second-order valence-electron chi connectivity index (χ2n) is 12.2. The normalized spacial score (nSPS) is 25.9. The molecule has 39 heavy (non-hydrogen) atoms. The number of fused-ring (bicyclic) bond motifs is 3.